The van der Waals surface area contributed by atoms with Gasteiger partial charge in [0.05, 0.1) is 7.11 Å². The van der Waals surface area contributed by atoms with Crippen molar-refractivity contribution in [3.05, 3.63) is 46.4 Å². The van der Waals surface area contributed by atoms with E-state index in [1.165, 1.54) is 5.56 Å². The van der Waals surface area contributed by atoms with Crippen LogP contribution in [0.25, 0.3) is 0 Å². The number of rotatable bonds is 7. The minimum atomic E-state index is 0.310. The maximum absolute atomic E-state index is 5.30. The molecule has 1 N–H and O–H groups in total. The monoisotopic (exact) mass is 291 g/mol. The van der Waals surface area contributed by atoms with Crippen molar-refractivity contribution < 1.29 is 4.74 Å². The van der Waals surface area contributed by atoms with Crippen LogP contribution in [0.15, 0.2) is 35.8 Å². The second-order valence-corrected chi connectivity index (χ2v) is 5.79. The summed E-state index contributed by atoms with van der Waals surface area (Å²) in [6.07, 6.45) is 1.84. The third-order valence-corrected chi connectivity index (χ3v) is 3.98. The predicted octanol–water partition coefficient (Wildman–Crippen LogP) is 2.54. The molecule has 4 nitrogen and oxygen atoms in total. The molecule has 1 unspecified atom stereocenters. The van der Waals surface area contributed by atoms with Gasteiger partial charge in [-0.25, -0.2) is 4.98 Å². The highest BCUT2D eigenvalue weighted by molar-refractivity contribution is 7.09. The number of nitrogens with zero attached hydrogens (tertiary/aromatic N) is 2. The summed E-state index contributed by atoms with van der Waals surface area (Å²) in [6.45, 7) is 1.69. The van der Waals surface area contributed by atoms with Gasteiger partial charge in [-0.15, -0.1) is 11.3 Å². The van der Waals surface area contributed by atoms with Crippen molar-refractivity contribution in [2.45, 2.75) is 12.6 Å². The van der Waals surface area contributed by atoms with Crippen molar-refractivity contribution in [2.24, 2.45) is 0 Å². The molecule has 1 atom stereocenters. The first-order valence-electron chi connectivity index (χ1n) is 6.60. The van der Waals surface area contributed by atoms with E-state index in [1.807, 2.05) is 23.7 Å². The van der Waals surface area contributed by atoms with Crippen molar-refractivity contribution in [1.29, 1.82) is 0 Å². The van der Waals surface area contributed by atoms with Gasteiger partial charge in [0.15, 0.2) is 0 Å². The van der Waals surface area contributed by atoms with Gasteiger partial charge in [-0.3, -0.25) is 0 Å². The summed E-state index contributed by atoms with van der Waals surface area (Å²) in [5.74, 6) is 0.897. The minimum Gasteiger partial charge on any atom is -0.497 e. The third-order valence-electron chi connectivity index (χ3n) is 3.20. The van der Waals surface area contributed by atoms with Crippen LogP contribution in [0.5, 0.6) is 5.75 Å². The number of hydrogen-bond donors (Lipinski definition) is 1. The predicted molar refractivity (Wildman–Crippen MR) is 83.2 cm³/mol. The van der Waals surface area contributed by atoms with Gasteiger partial charge in [0.25, 0.3) is 0 Å². The summed E-state index contributed by atoms with van der Waals surface area (Å²) in [7, 11) is 5.88. The molecule has 2 rings (SSSR count). The summed E-state index contributed by atoms with van der Waals surface area (Å²) >= 11 is 1.68. The minimum absolute atomic E-state index is 0.310. The first-order chi connectivity index (χ1) is 9.70. The number of thiazole rings is 1. The lowest BCUT2D eigenvalue weighted by Crippen LogP contribution is -2.30. The fourth-order valence-electron chi connectivity index (χ4n) is 2.10. The van der Waals surface area contributed by atoms with Crippen LogP contribution < -0.4 is 10.1 Å². The molecule has 0 amide bonds. The van der Waals surface area contributed by atoms with Crippen LogP contribution in [0.3, 0.4) is 0 Å². The zero-order valence-corrected chi connectivity index (χ0v) is 13.0. The number of benzene rings is 1. The van der Waals surface area contributed by atoms with Crippen LogP contribution in [0.4, 0.5) is 0 Å². The van der Waals surface area contributed by atoms with Crippen LogP contribution in [0.2, 0.25) is 0 Å². The van der Waals surface area contributed by atoms with Crippen LogP contribution in [0, 0.1) is 0 Å². The SMILES string of the molecule is COc1cccc(C(CNCc2nccs2)N(C)C)c1. The molecule has 0 aliphatic heterocycles. The molecule has 20 heavy (non-hydrogen) atoms. The van der Waals surface area contributed by atoms with E-state index in [2.05, 4.69) is 41.4 Å². The fraction of sp³-hybridized carbons (Fsp3) is 0.400. The van der Waals surface area contributed by atoms with Crippen LogP contribution in [0.1, 0.15) is 16.6 Å². The lowest BCUT2D eigenvalue weighted by Gasteiger charge is -2.25. The van der Waals surface area contributed by atoms with Crippen LogP contribution >= 0.6 is 11.3 Å². The highest BCUT2D eigenvalue weighted by atomic mass is 32.1. The number of methoxy groups -OCH3 is 1. The molecule has 2 aromatic rings. The second kappa shape index (κ2) is 7.38. The quantitative estimate of drug-likeness (QED) is 0.850. The maximum atomic E-state index is 5.30. The Morgan fingerprint density at radius 1 is 1.40 bits per heavy atom. The number of ether oxygens (including phenoxy) is 1. The molecule has 0 fully saturated rings. The molecule has 1 aromatic heterocycles. The van der Waals surface area contributed by atoms with E-state index in [4.69, 9.17) is 4.74 Å². The lowest BCUT2D eigenvalue weighted by atomic mass is 10.1. The van der Waals surface area contributed by atoms with Crippen molar-refractivity contribution in [2.75, 3.05) is 27.7 Å². The average Bonchev–Trinajstić information content (AvgIpc) is 2.96. The highest BCUT2D eigenvalue weighted by Gasteiger charge is 2.14. The standard InChI is InChI=1S/C15H21N3OS/c1-18(2)14(10-16-11-15-17-7-8-20-15)12-5-4-6-13(9-12)19-3/h4-9,14,16H,10-11H2,1-3H3. The Balaban J connectivity index is 1.99. The van der Waals surface area contributed by atoms with E-state index in [0.29, 0.717) is 6.04 Å². The molecule has 0 bridgehead atoms. The Labute approximate surface area is 124 Å². The van der Waals surface area contributed by atoms with Crippen molar-refractivity contribution in [1.82, 2.24) is 15.2 Å². The van der Waals surface area contributed by atoms with E-state index in [1.54, 1.807) is 18.4 Å². The molecular weight excluding hydrogens is 270 g/mol. The molecular formula is C15H21N3OS. The van der Waals surface area contributed by atoms with Gasteiger partial charge in [-0.1, -0.05) is 12.1 Å². The van der Waals surface area contributed by atoms with Crippen molar-refractivity contribution >= 4 is 11.3 Å². The van der Waals surface area contributed by atoms with Gasteiger partial charge < -0.3 is 15.0 Å². The normalized spacial score (nSPS) is 12.6. The highest BCUT2D eigenvalue weighted by Crippen LogP contribution is 2.22. The smallest absolute Gasteiger partial charge is 0.119 e. The average molecular weight is 291 g/mol. The lowest BCUT2D eigenvalue weighted by molar-refractivity contribution is 0.287. The Bertz CT molecular complexity index is 514. The third kappa shape index (κ3) is 4.03. The molecule has 5 heteroatoms. The fourth-order valence-corrected chi connectivity index (χ4v) is 2.69. The van der Waals surface area contributed by atoms with E-state index >= 15 is 0 Å². The maximum Gasteiger partial charge on any atom is 0.119 e. The van der Waals surface area contributed by atoms with E-state index < -0.39 is 0 Å². The topological polar surface area (TPSA) is 37.4 Å². The molecule has 1 heterocycles. The zero-order chi connectivity index (χ0) is 14.4. The number of likely N-dealkylation sites (N-methyl/N-ethyl adjacent to an activating group) is 1. The summed E-state index contributed by atoms with van der Waals surface area (Å²) in [5, 5.41) is 6.59. The van der Waals surface area contributed by atoms with E-state index in [-0.39, 0.29) is 0 Å². The molecule has 0 saturated heterocycles. The molecule has 0 radical (unpaired) electrons. The first-order valence-corrected chi connectivity index (χ1v) is 7.48. The van der Waals surface area contributed by atoms with Crippen molar-refractivity contribution in [3.8, 4) is 5.75 Å². The molecule has 0 aliphatic carbocycles. The van der Waals surface area contributed by atoms with Gasteiger partial charge in [-0.2, -0.15) is 0 Å². The van der Waals surface area contributed by atoms with Gasteiger partial charge in [0, 0.05) is 30.7 Å². The molecule has 1 aromatic carbocycles. The Hall–Kier alpha value is -1.43. The zero-order valence-electron chi connectivity index (χ0n) is 12.2. The largest absolute Gasteiger partial charge is 0.497 e. The molecule has 0 aliphatic rings. The Morgan fingerprint density at radius 3 is 2.90 bits per heavy atom. The van der Waals surface area contributed by atoms with E-state index in [9.17, 15) is 0 Å². The molecule has 0 spiro atoms. The number of hydrogen-bond acceptors (Lipinski definition) is 5. The molecule has 108 valence electrons. The van der Waals surface area contributed by atoms with Crippen LogP contribution in [-0.4, -0.2) is 37.6 Å². The van der Waals surface area contributed by atoms with Gasteiger partial charge in [-0.05, 0) is 31.8 Å². The summed E-state index contributed by atoms with van der Waals surface area (Å²) in [6, 6.07) is 8.55. The Kier molecular flexibility index (Phi) is 5.52. The van der Waals surface area contributed by atoms with Gasteiger partial charge in [0.2, 0.25) is 0 Å². The Morgan fingerprint density at radius 2 is 2.25 bits per heavy atom. The van der Waals surface area contributed by atoms with E-state index in [0.717, 1.165) is 23.8 Å². The summed E-state index contributed by atoms with van der Waals surface area (Å²) in [4.78, 5) is 6.49. The summed E-state index contributed by atoms with van der Waals surface area (Å²) in [5.41, 5.74) is 1.25. The molecule has 0 saturated carbocycles. The summed E-state index contributed by atoms with van der Waals surface area (Å²) < 4.78 is 5.30. The number of nitrogens with one attached hydrogen (secondary N) is 1. The van der Waals surface area contributed by atoms with Crippen molar-refractivity contribution in [3.63, 3.8) is 0 Å². The second-order valence-electron chi connectivity index (χ2n) is 4.81. The van der Waals surface area contributed by atoms with Gasteiger partial charge >= 0.3 is 0 Å². The number of aromatic nitrogens is 1. The van der Waals surface area contributed by atoms with Crippen LogP contribution in [-0.2, 0) is 6.54 Å². The first kappa shape index (κ1) is 15.0. The van der Waals surface area contributed by atoms with Gasteiger partial charge in [0.1, 0.15) is 10.8 Å².